The molecule has 0 spiro atoms. The van der Waals surface area contributed by atoms with Gasteiger partial charge in [-0.2, -0.15) is 0 Å². The van der Waals surface area contributed by atoms with Crippen molar-refractivity contribution < 1.29 is 9.59 Å². The minimum atomic E-state index is -0.263. The van der Waals surface area contributed by atoms with Crippen LogP contribution < -0.4 is 16.0 Å². The van der Waals surface area contributed by atoms with Crippen LogP contribution in [-0.2, 0) is 9.59 Å². The number of amides is 2. The van der Waals surface area contributed by atoms with E-state index in [1.165, 1.54) is 0 Å². The Hall–Kier alpha value is -1.10. The summed E-state index contributed by atoms with van der Waals surface area (Å²) in [6.07, 6.45) is 2.08. The number of nitrogens with one attached hydrogen (secondary N) is 3. The first kappa shape index (κ1) is 14.0. The minimum Gasteiger partial charge on any atom is -0.356 e. The molecule has 0 aliphatic carbocycles. The molecule has 5 nitrogen and oxygen atoms in total. The Balaban J connectivity index is 2.31. The van der Waals surface area contributed by atoms with E-state index < -0.39 is 0 Å². The highest BCUT2D eigenvalue weighted by Crippen LogP contribution is 2.29. The Morgan fingerprint density at radius 3 is 2.59 bits per heavy atom. The van der Waals surface area contributed by atoms with Gasteiger partial charge in [0.2, 0.25) is 11.8 Å². The van der Waals surface area contributed by atoms with Crippen LogP contribution >= 0.6 is 0 Å². The van der Waals surface area contributed by atoms with Gasteiger partial charge in [0.25, 0.3) is 0 Å². The lowest BCUT2D eigenvalue weighted by molar-refractivity contribution is -0.130. The van der Waals surface area contributed by atoms with Gasteiger partial charge in [0.1, 0.15) is 0 Å². The highest BCUT2D eigenvalue weighted by Gasteiger charge is 2.39. The molecule has 1 unspecified atom stereocenters. The topological polar surface area (TPSA) is 70.2 Å². The van der Waals surface area contributed by atoms with Crippen LogP contribution in [0.5, 0.6) is 0 Å². The van der Waals surface area contributed by atoms with Gasteiger partial charge in [-0.1, -0.05) is 6.92 Å². The zero-order chi connectivity index (χ0) is 12.7. The van der Waals surface area contributed by atoms with E-state index >= 15 is 0 Å². The summed E-state index contributed by atoms with van der Waals surface area (Å²) in [6, 6.07) is 0. The summed E-state index contributed by atoms with van der Waals surface area (Å²) in [5.41, 5.74) is -0.263. The monoisotopic (exact) mass is 241 g/mol. The number of carbonyl (C=O) groups is 2. The van der Waals surface area contributed by atoms with Crippen LogP contribution in [-0.4, -0.2) is 38.0 Å². The van der Waals surface area contributed by atoms with E-state index in [1.807, 2.05) is 13.8 Å². The van der Waals surface area contributed by atoms with E-state index in [1.54, 1.807) is 0 Å². The molecule has 98 valence electrons. The van der Waals surface area contributed by atoms with E-state index in [9.17, 15) is 9.59 Å². The zero-order valence-corrected chi connectivity index (χ0v) is 10.8. The number of hydrogen-bond donors (Lipinski definition) is 3. The molecular weight excluding hydrogens is 218 g/mol. The first-order valence-electron chi connectivity index (χ1n) is 6.40. The molecule has 1 saturated heterocycles. The highest BCUT2D eigenvalue weighted by atomic mass is 16.2. The standard InChI is InChI=1S/C12H23N3O2/c1-3-12(6-8-13-9-12)11(17)15-7-5-10(16)14-4-2/h13H,3-9H2,1-2H3,(H,14,16)(H,15,17). The Kier molecular flexibility index (Phi) is 5.41. The molecule has 1 rings (SSSR count). The zero-order valence-electron chi connectivity index (χ0n) is 10.8. The van der Waals surface area contributed by atoms with Crippen molar-refractivity contribution in [1.82, 2.24) is 16.0 Å². The van der Waals surface area contributed by atoms with Gasteiger partial charge in [-0.3, -0.25) is 9.59 Å². The summed E-state index contributed by atoms with van der Waals surface area (Å²) in [5.74, 6) is 0.0668. The molecule has 0 radical (unpaired) electrons. The maximum Gasteiger partial charge on any atom is 0.227 e. The normalized spacial score (nSPS) is 23.4. The lowest BCUT2D eigenvalue weighted by Gasteiger charge is -2.25. The van der Waals surface area contributed by atoms with E-state index in [0.29, 0.717) is 19.5 Å². The maximum atomic E-state index is 12.1. The predicted molar refractivity (Wildman–Crippen MR) is 66.5 cm³/mol. The second-order valence-corrected chi connectivity index (χ2v) is 4.52. The van der Waals surface area contributed by atoms with Gasteiger partial charge in [-0.15, -0.1) is 0 Å². The first-order valence-corrected chi connectivity index (χ1v) is 6.40. The minimum absolute atomic E-state index is 0.0112. The fraction of sp³-hybridized carbons (Fsp3) is 0.833. The molecule has 0 saturated carbocycles. The molecule has 0 bridgehead atoms. The molecule has 17 heavy (non-hydrogen) atoms. The third-order valence-electron chi connectivity index (χ3n) is 3.41. The molecule has 5 heteroatoms. The molecule has 1 aliphatic rings. The van der Waals surface area contributed by atoms with Gasteiger partial charge in [0.15, 0.2) is 0 Å². The molecule has 2 amide bonds. The van der Waals surface area contributed by atoms with Crippen LogP contribution in [0.2, 0.25) is 0 Å². The second kappa shape index (κ2) is 6.59. The van der Waals surface area contributed by atoms with Crippen molar-refractivity contribution >= 4 is 11.8 Å². The van der Waals surface area contributed by atoms with E-state index in [4.69, 9.17) is 0 Å². The molecule has 1 fully saturated rings. The van der Waals surface area contributed by atoms with E-state index in [-0.39, 0.29) is 17.2 Å². The number of rotatable bonds is 6. The van der Waals surface area contributed by atoms with Crippen molar-refractivity contribution in [2.75, 3.05) is 26.2 Å². The predicted octanol–water partition coefficient (Wildman–Crippen LogP) is 0.0185. The molecule has 0 aromatic rings. The third-order valence-corrected chi connectivity index (χ3v) is 3.41. The van der Waals surface area contributed by atoms with Crippen LogP contribution in [0.4, 0.5) is 0 Å². The Bertz CT molecular complexity index is 273. The summed E-state index contributed by atoms with van der Waals surface area (Å²) >= 11 is 0. The van der Waals surface area contributed by atoms with Crippen molar-refractivity contribution in [3.8, 4) is 0 Å². The van der Waals surface area contributed by atoms with Crippen molar-refractivity contribution in [3.05, 3.63) is 0 Å². The molecule has 3 N–H and O–H groups in total. The van der Waals surface area contributed by atoms with Crippen molar-refractivity contribution in [2.45, 2.75) is 33.1 Å². The molecule has 1 heterocycles. The van der Waals surface area contributed by atoms with E-state index in [2.05, 4.69) is 16.0 Å². The largest absolute Gasteiger partial charge is 0.356 e. The molecule has 0 aromatic carbocycles. The lowest BCUT2D eigenvalue weighted by Crippen LogP contribution is -2.43. The third kappa shape index (κ3) is 3.70. The first-order chi connectivity index (χ1) is 8.14. The summed E-state index contributed by atoms with van der Waals surface area (Å²) in [4.78, 5) is 23.3. The van der Waals surface area contributed by atoms with Gasteiger partial charge in [-0.05, 0) is 26.3 Å². The van der Waals surface area contributed by atoms with Gasteiger partial charge < -0.3 is 16.0 Å². The fourth-order valence-corrected chi connectivity index (χ4v) is 2.16. The summed E-state index contributed by atoms with van der Waals surface area (Å²) in [6.45, 7) is 6.62. The fourth-order valence-electron chi connectivity index (χ4n) is 2.16. The van der Waals surface area contributed by atoms with Gasteiger partial charge in [0.05, 0.1) is 5.41 Å². The highest BCUT2D eigenvalue weighted by molar-refractivity contribution is 5.84. The Morgan fingerprint density at radius 2 is 2.06 bits per heavy atom. The lowest BCUT2D eigenvalue weighted by atomic mass is 9.83. The van der Waals surface area contributed by atoms with Crippen LogP contribution in [0.3, 0.4) is 0 Å². The Morgan fingerprint density at radius 1 is 1.29 bits per heavy atom. The van der Waals surface area contributed by atoms with Crippen LogP contribution in [0.25, 0.3) is 0 Å². The van der Waals surface area contributed by atoms with Crippen LogP contribution in [0.1, 0.15) is 33.1 Å². The average Bonchev–Trinajstić information content (AvgIpc) is 2.79. The molecule has 1 atom stereocenters. The SMILES string of the molecule is CCNC(=O)CCNC(=O)C1(CC)CCNC1. The van der Waals surface area contributed by atoms with Gasteiger partial charge >= 0.3 is 0 Å². The van der Waals surface area contributed by atoms with E-state index in [0.717, 1.165) is 25.9 Å². The summed E-state index contributed by atoms with van der Waals surface area (Å²) in [5, 5.41) is 8.80. The number of carbonyl (C=O) groups excluding carboxylic acids is 2. The van der Waals surface area contributed by atoms with Crippen LogP contribution in [0, 0.1) is 5.41 Å². The molecule has 0 aromatic heterocycles. The maximum absolute atomic E-state index is 12.1. The Labute approximate surface area is 103 Å². The second-order valence-electron chi connectivity index (χ2n) is 4.52. The smallest absolute Gasteiger partial charge is 0.227 e. The van der Waals surface area contributed by atoms with Crippen molar-refractivity contribution in [3.63, 3.8) is 0 Å². The molecular formula is C12H23N3O2. The van der Waals surface area contributed by atoms with Gasteiger partial charge in [-0.25, -0.2) is 0 Å². The average molecular weight is 241 g/mol. The van der Waals surface area contributed by atoms with Crippen LogP contribution in [0.15, 0.2) is 0 Å². The summed E-state index contributed by atoms with van der Waals surface area (Å²) < 4.78 is 0. The molecule has 1 aliphatic heterocycles. The number of hydrogen-bond acceptors (Lipinski definition) is 3. The summed E-state index contributed by atoms with van der Waals surface area (Å²) in [7, 11) is 0. The van der Waals surface area contributed by atoms with Crippen molar-refractivity contribution in [1.29, 1.82) is 0 Å². The quantitative estimate of drug-likeness (QED) is 0.614. The van der Waals surface area contributed by atoms with Gasteiger partial charge in [0, 0.05) is 26.1 Å². The van der Waals surface area contributed by atoms with Crippen molar-refractivity contribution in [2.24, 2.45) is 5.41 Å².